The molecule has 24 heavy (non-hydrogen) atoms. The Hall–Kier alpha value is -2.25. The van der Waals surface area contributed by atoms with Crippen LogP contribution >= 0.6 is 11.3 Å². The van der Waals surface area contributed by atoms with Gasteiger partial charge in [0.05, 0.1) is 31.2 Å². The van der Waals surface area contributed by atoms with E-state index in [4.69, 9.17) is 9.72 Å². The summed E-state index contributed by atoms with van der Waals surface area (Å²) in [5, 5.41) is 6.58. The van der Waals surface area contributed by atoms with Crippen LogP contribution in [0.5, 0.6) is 0 Å². The zero-order valence-electron chi connectivity index (χ0n) is 13.7. The molecule has 0 saturated carbocycles. The van der Waals surface area contributed by atoms with Gasteiger partial charge in [0, 0.05) is 17.1 Å². The van der Waals surface area contributed by atoms with Crippen LogP contribution in [-0.2, 0) is 4.74 Å². The van der Waals surface area contributed by atoms with Crippen LogP contribution in [0.3, 0.4) is 0 Å². The molecule has 1 aliphatic rings. The lowest BCUT2D eigenvalue weighted by atomic mass is 10.2. The van der Waals surface area contributed by atoms with Crippen LogP contribution in [0, 0.1) is 13.8 Å². The molecule has 0 aliphatic carbocycles. The van der Waals surface area contributed by atoms with E-state index in [1.807, 2.05) is 30.8 Å². The molecule has 6 nitrogen and oxygen atoms in total. The predicted molar refractivity (Wildman–Crippen MR) is 93.9 cm³/mol. The third-order valence-corrected chi connectivity index (χ3v) is 5.05. The molecule has 1 aliphatic heterocycles. The van der Waals surface area contributed by atoms with Crippen molar-refractivity contribution in [3.05, 3.63) is 52.2 Å². The van der Waals surface area contributed by atoms with Gasteiger partial charge in [-0.15, -0.1) is 11.3 Å². The van der Waals surface area contributed by atoms with E-state index in [2.05, 4.69) is 32.5 Å². The van der Waals surface area contributed by atoms with Gasteiger partial charge in [-0.1, -0.05) is 6.07 Å². The lowest BCUT2D eigenvalue weighted by Gasteiger charge is -2.33. The Morgan fingerprint density at radius 1 is 1.25 bits per heavy atom. The lowest BCUT2D eigenvalue weighted by molar-refractivity contribution is 0.0418. The number of hydrogen-bond donors (Lipinski definition) is 0. The number of hydrogen-bond acceptors (Lipinski definition) is 6. The van der Waals surface area contributed by atoms with Gasteiger partial charge in [0.25, 0.3) is 0 Å². The Morgan fingerprint density at radius 3 is 2.88 bits per heavy atom. The molecule has 0 radical (unpaired) electrons. The SMILES string of the molecule is Cc1cc(C)n(-c2cncc(N3CCOC(c4cccs4)C3)n2)n1. The molecule has 1 saturated heterocycles. The third kappa shape index (κ3) is 2.92. The van der Waals surface area contributed by atoms with Crippen LogP contribution in [0.25, 0.3) is 5.82 Å². The van der Waals surface area contributed by atoms with Crippen molar-refractivity contribution in [2.75, 3.05) is 24.6 Å². The fraction of sp³-hybridized carbons (Fsp3) is 0.353. The van der Waals surface area contributed by atoms with Gasteiger partial charge in [0.1, 0.15) is 11.9 Å². The van der Waals surface area contributed by atoms with Crippen LogP contribution in [0.1, 0.15) is 22.4 Å². The number of rotatable bonds is 3. The topological polar surface area (TPSA) is 56.1 Å². The Kier molecular flexibility index (Phi) is 4.03. The smallest absolute Gasteiger partial charge is 0.174 e. The summed E-state index contributed by atoms with van der Waals surface area (Å²) in [5.41, 5.74) is 2.03. The highest BCUT2D eigenvalue weighted by atomic mass is 32.1. The monoisotopic (exact) mass is 341 g/mol. The second kappa shape index (κ2) is 6.33. The van der Waals surface area contributed by atoms with Gasteiger partial charge < -0.3 is 9.64 Å². The van der Waals surface area contributed by atoms with E-state index in [0.717, 1.165) is 36.1 Å². The Bertz CT molecular complexity index is 829. The van der Waals surface area contributed by atoms with Crippen molar-refractivity contribution < 1.29 is 4.74 Å². The first-order valence-corrected chi connectivity index (χ1v) is 8.84. The molecule has 0 spiro atoms. The predicted octanol–water partition coefficient (Wildman–Crippen LogP) is 2.92. The minimum Gasteiger partial charge on any atom is -0.369 e. The first-order chi connectivity index (χ1) is 11.7. The van der Waals surface area contributed by atoms with Crippen molar-refractivity contribution in [3.63, 3.8) is 0 Å². The molecule has 124 valence electrons. The molecule has 1 fully saturated rings. The fourth-order valence-electron chi connectivity index (χ4n) is 2.96. The number of nitrogens with zero attached hydrogens (tertiary/aromatic N) is 5. The normalized spacial score (nSPS) is 18.1. The summed E-state index contributed by atoms with van der Waals surface area (Å²) < 4.78 is 7.75. The maximum Gasteiger partial charge on any atom is 0.174 e. The lowest BCUT2D eigenvalue weighted by Crippen LogP contribution is -2.38. The zero-order valence-corrected chi connectivity index (χ0v) is 14.5. The van der Waals surface area contributed by atoms with Gasteiger partial charge in [-0.3, -0.25) is 4.98 Å². The van der Waals surface area contributed by atoms with E-state index in [9.17, 15) is 0 Å². The molecule has 4 heterocycles. The number of anilines is 1. The fourth-order valence-corrected chi connectivity index (χ4v) is 3.73. The minimum absolute atomic E-state index is 0.0953. The highest BCUT2D eigenvalue weighted by molar-refractivity contribution is 7.10. The Morgan fingerprint density at radius 2 is 2.12 bits per heavy atom. The minimum atomic E-state index is 0.0953. The van der Waals surface area contributed by atoms with E-state index in [0.29, 0.717) is 6.61 Å². The van der Waals surface area contributed by atoms with Gasteiger partial charge >= 0.3 is 0 Å². The molecule has 3 aromatic heterocycles. The van der Waals surface area contributed by atoms with Crippen LogP contribution in [-0.4, -0.2) is 39.4 Å². The molecule has 0 bridgehead atoms. The van der Waals surface area contributed by atoms with Crippen LogP contribution < -0.4 is 4.90 Å². The van der Waals surface area contributed by atoms with E-state index >= 15 is 0 Å². The maximum atomic E-state index is 5.91. The summed E-state index contributed by atoms with van der Waals surface area (Å²) in [6.45, 7) is 6.30. The number of morpholine rings is 1. The van der Waals surface area contributed by atoms with Crippen molar-refractivity contribution in [2.24, 2.45) is 0 Å². The van der Waals surface area contributed by atoms with Crippen molar-refractivity contribution in [1.82, 2.24) is 19.7 Å². The van der Waals surface area contributed by atoms with Gasteiger partial charge in [0.15, 0.2) is 5.82 Å². The van der Waals surface area contributed by atoms with E-state index in [1.54, 1.807) is 17.5 Å². The first-order valence-electron chi connectivity index (χ1n) is 7.96. The third-order valence-electron chi connectivity index (χ3n) is 4.09. The molecular formula is C17H19N5OS. The summed E-state index contributed by atoms with van der Waals surface area (Å²) in [4.78, 5) is 12.6. The second-order valence-electron chi connectivity index (χ2n) is 5.90. The number of aryl methyl sites for hydroxylation is 2. The van der Waals surface area contributed by atoms with Crippen LogP contribution in [0.2, 0.25) is 0 Å². The second-order valence-corrected chi connectivity index (χ2v) is 6.87. The molecule has 0 N–H and O–H groups in total. The van der Waals surface area contributed by atoms with E-state index in [-0.39, 0.29) is 6.10 Å². The van der Waals surface area contributed by atoms with Crippen molar-refractivity contribution >= 4 is 17.2 Å². The maximum absolute atomic E-state index is 5.91. The molecule has 0 amide bonds. The number of ether oxygens (including phenoxy) is 1. The zero-order chi connectivity index (χ0) is 16.5. The van der Waals surface area contributed by atoms with Crippen molar-refractivity contribution in [3.8, 4) is 5.82 Å². The van der Waals surface area contributed by atoms with E-state index in [1.165, 1.54) is 4.88 Å². The largest absolute Gasteiger partial charge is 0.369 e. The molecule has 1 atom stereocenters. The average Bonchev–Trinajstić information content (AvgIpc) is 3.25. The first kappa shape index (κ1) is 15.3. The molecule has 1 unspecified atom stereocenters. The van der Waals surface area contributed by atoms with Crippen molar-refractivity contribution in [1.29, 1.82) is 0 Å². The molecule has 3 aromatic rings. The average molecular weight is 341 g/mol. The highest BCUT2D eigenvalue weighted by Crippen LogP contribution is 2.28. The standard InChI is InChI=1S/C17H19N5OS/c1-12-8-13(2)22(20-12)17-10-18-9-16(19-17)21-5-6-23-14(11-21)15-4-3-7-24-15/h3-4,7-10,14H,5-6,11H2,1-2H3. The molecule has 4 rings (SSSR count). The van der Waals surface area contributed by atoms with Crippen molar-refractivity contribution in [2.45, 2.75) is 20.0 Å². The molecule has 0 aromatic carbocycles. The Balaban J connectivity index is 1.60. The van der Waals surface area contributed by atoms with Crippen LogP contribution in [0.15, 0.2) is 36.0 Å². The summed E-state index contributed by atoms with van der Waals surface area (Å²) in [6, 6.07) is 6.22. The van der Waals surface area contributed by atoms with Crippen LogP contribution in [0.4, 0.5) is 5.82 Å². The summed E-state index contributed by atoms with van der Waals surface area (Å²) in [6.07, 6.45) is 3.66. The number of thiophene rings is 1. The summed E-state index contributed by atoms with van der Waals surface area (Å²) in [7, 11) is 0. The van der Waals surface area contributed by atoms with Gasteiger partial charge in [-0.2, -0.15) is 5.10 Å². The van der Waals surface area contributed by atoms with E-state index < -0.39 is 0 Å². The number of aromatic nitrogens is 4. The molecular weight excluding hydrogens is 322 g/mol. The van der Waals surface area contributed by atoms with Gasteiger partial charge in [-0.05, 0) is 31.4 Å². The summed E-state index contributed by atoms with van der Waals surface area (Å²) >= 11 is 1.73. The quantitative estimate of drug-likeness (QED) is 0.733. The van der Waals surface area contributed by atoms with Gasteiger partial charge in [-0.25, -0.2) is 9.67 Å². The van der Waals surface area contributed by atoms with Gasteiger partial charge in [0.2, 0.25) is 0 Å². The Labute approximate surface area is 144 Å². The summed E-state index contributed by atoms with van der Waals surface area (Å²) in [5.74, 6) is 1.61. The molecule has 7 heteroatoms. The highest BCUT2D eigenvalue weighted by Gasteiger charge is 2.24.